The summed E-state index contributed by atoms with van der Waals surface area (Å²) in [6.07, 6.45) is 3.70. The smallest absolute Gasteiger partial charge is 0.326 e. The first-order valence-corrected chi connectivity index (χ1v) is 10.0. The van der Waals surface area contributed by atoms with Gasteiger partial charge in [-0.25, -0.2) is 0 Å². The molecule has 2 saturated carbocycles. The lowest BCUT2D eigenvalue weighted by Gasteiger charge is -2.55. The number of para-hydroxylation sites is 1. The molecule has 4 nitrogen and oxygen atoms in total. The van der Waals surface area contributed by atoms with Gasteiger partial charge >= 0.3 is 5.91 Å². The summed E-state index contributed by atoms with van der Waals surface area (Å²) in [4.78, 5) is 15.6. The summed E-state index contributed by atoms with van der Waals surface area (Å²) >= 11 is 0. The lowest BCUT2D eigenvalue weighted by molar-refractivity contribution is -0.323. The number of nitrogens with zero attached hydrogens (tertiary/aromatic N) is 1. The number of carbonyl (C=O) groups excluding carboxylic acids is 1. The predicted octanol–water partition coefficient (Wildman–Crippen LogP) is 4.09. The molecule has 5 atom stereocenters. The van der Waals surface area contributed by atoms with Gasteiger partial charge in [0, 0.05) is 17.5 Å². The first-order valence-electron chi connectivity index (χ1n) is 10.0. The number of carbonyl (C=O) groups is 1. The van der Waals surface area contributed by atoms with Crippen molar-refractivity contribution in [1.29, 1.82) is 0 Å². The molecule has 1 saturated heterocycles. The van der Waals surface area contributed by atoms with Crippen LogP contribution in [0.5, 0.6) is 5.75 Å². The SMILES string of the molecule is Cc1ccc([C@]23OC[C@@H]4[C@H]5CC[C@H](C5)[C@@H]4N2C(=O)c2ccccc2O3)cc1. The lowest BCUT2D eigenvalue weighted by atomic mass is 9.81. The molecule has 4 aliphatic rings. The third kappa shape index (κ3) is 1.99. The average Bonchev–Trinajstić information content (AvgIpc) is 3.30. The van der Waals surface area contributed by atoms with Gasteiger partial charge in [0.25, 0.3) is 5.91 Å². The van der Waals surface area contributed by atoms with Gasteiger partial charge in [-0.05, 0) is 50.2 Å². The second-order valence-electron chi connectivity index (χ2n) is 8.52. The van der Waals surface area contributed by atoms with E-state index in [-0.39, 0.29) is 11.9 Å². The van der Waals surface area contributed by atoms with Crippen molar-refractivity contribution in [2.24, 2.45) is 17.8 Å². The second kappa shape index (κ2) is 5.35. The second-order valence-corrected chi connectivity index (χ2v) is 8.52. The van der Waals surface area contributed by atoms with Crippen LogP contribution in [0.25, 0.3) is 0 Å². The number of rotatable bonds is 1. The van der Waals surface area contributed by atoms with Crippen LogP contribution in [0.15, 0.2) is 48.5 Å². The van der Waals surface area contributed by atoms with Crippen LogP contribution in [0.1, 0.15) is 40.7 Å². The molecule has 0 radical (unpaired) electrons. The fourth-order valence-electron chi connectivity index (χ4n) is 5.90. The molecule has 1 amide bonds. The molecular weight excluding hydrogens is 338 g/mol. The topological polar surface area (TPSA) is 38.8 Å². The largest absolute Gasteiger partial charge is 0.439 e. The van der Waals surface area contributed by atoms with E-state index in [1.54, 1.807) is 0 Å². The quantitative estimate of drug-likeness (QED) is 0.768. The number of aryl methyl sites for hydroxylation is 1. The molecule has 0 aromatic heterocycles. The van der Waals surface area contributed by atoms with Crippen molar-refractivity contribution in [1.82, 2.24) is 4.90 Å². The molecule has 0 spiro atoms. The molecule has 2 aliphatic heterocycles. The van der Waals surface area contributed by atoms with Gasteiger partial charge in [0.05, 0.1) is 12.2 Å². The van der Waals surface area contributed by atoms with Gasteiger partial charge in [-0.1, -0.05) is 42.0 Å². The van der Waals surface area contributed by atoms with Crippen molar-refractivity contribution in [2.75, 3.05) is 6.61 Å². The number of fused-ring (bicyclic) bond motifs is 8. The third-order valence-electron chi connectivity index (χ3n) is 7.13. The third-order valence-corrected chi connectivity index (χ3v) is 7.13. The summed E-state index contributed by atoms with van der Waals surface area (Å²) < 4.78 is 13.0. The van der Waals surface area contributed by atoms with Crippen molar-refractivity contribution in [3.63, 3.8) is 0 Å². The lowest BCUT2D eigenvalue weighted by Crippen LogP contribution is -2.68. The summed E-state index contributed by atoms with van der Waals surface area (Å²) in [5.74, 6) is 1.18. The summed E-state index contributed by atoms with van der Waals surface area (Å²) in [6, 6.07) is 16.0. The fraction of sp³-hybridized carbons (Fsp3) is 0.435. The van der Waals surface area contributed by atoms with Gasteiger partial charge in [0.15, 0.2) is 0 Å². The maximum absolute atomic E-state index is 13.7. The van der Waals surface area contributed by atoms with E-state index in [1.165, 1.54) is 24.8 Å². The standard InChI is InChI=1S/C23H23NO3/c1-14-6-10-17(11-7-14)23-24(22(25)18-4-2-3-5-20(18)27-23)21-16-9-8-15(12-16)19(21)13-26-23/h2-7,10-11,15-16,19,21H,8-9,12-13H2,1H3/t15-,16+,19+,21-,23+/m0/s1. The Morgan fingerprint density at radius 1 is 1.04 bits per heavy atom. The summed E-state index contributed by atoms with van der Waals surface area (Å²) in [5.41, 5.74) is 2.72. The Morgan fingerprint density at radius 2 is 1.81 bits per heavy atom. The molecule has 138 valence electrons. The van der Waals surface area contributed by atoms with Crippen LogP contribution < -0.4 is 4.74 Å². The van der Waals surface area contributed by atoms with Gasteiger partial charge < -0.3 is 9.47 Å². The maximum atomic E-state index is 13.7. The average molecular weight is 361 g/mol. The monoisotopic (exact) mass is 361 g/mol. The Morgan fingerprint density at radius 3 is 2.67 bits per heavy atom. The Balaban J connectivity index is 1.55. The van der Waals surface area contributed by atoms with Crippen LogP contribution in [0.4, 0.5) is 0 Å². The molecule has 2 aliphatic carbocycles. The van der Waals surface area contributed by atoms with E-state index in [0.717, 1.165) is 5.56 Å². The fourth-order valence-corrected chi connectivity index (χ4v) is 5.90. The van der Waals surface area contributed by atoms with E-state index in [9.17, 15) is 4.79 Å². The normalized spacial score (nSPS) is 36.0. The zero-order valence-electron chi connectivity index (χ0n) is 15.4. The first kappa shape index (κ1) is 15.7. The van der Waals surface area contributed by atoms with E-state index < -0.39 is 5.91 Å². The Hall–Kier alpha value is -2.33. The van der Waals surface area contributed by atoms with Gasteiger partial charge in [0.1, 0.15) is 5.75 Å². The molecule has 3 fully saturated rings. The van der Waals surface area contributed by atoms with Gasteiger partial charge in [-0.15, -0.1) is 0 Å². The Kier molecular flexibility index (Phi) is 3.11. The van der Waals surface area contributed by atoms with Crippen molar-refractivity contribution < 1.29 is 14.3 Å². The molecule has 0 N–H and O–H groups in total. The zero-order chi connectivity index (χ0) is 18.2. The highest BCUT2D eigenvalue weighted by Gasteiger charge is 2.63. The Bertz CT molecular complexity index is 923. The molecule has 0 unspecified atom stereocenters. The number of benzene rings is 2. The highest BCUT2D eigenvalue weighted by Crippen LogP contribution is 2.57. The van der Waals surface area contributed by atoms with Crippen molar-refractivity contribution >= 4 is 5.91 Å². The van der Waals surface area contributed by atoms with Crippen molar-refractivity contribution in [3.05, 3.63) is 65.2 Å². The maximum Gasteiger partial charge on any atom is 0.326 e. The molecule has 27 heavy (non-hydrogen) atoms. The van der Waals surface area contributed by atoms with Crippen LogP contribution in [0.3, 0.4) is 0 Å². The first-order chi connectivity index (χ1) is 13.2. The van der Waals surface area contributed by atoms with Gasteiger partial charge in [-0.3, -0.25) is 9.69 Å². The van der Waals surface area contributed by atoms with Crippen LogP contribution in [-0.4, -0.2) is 23.5 Å². The predicted molar refractivity (Wildman–Crippen MR) is 100 cm³/mol. The molecular formula is C23H23NO3. The van der Waals surface area contributed by atoms with Crippen molar-refractivity contribution in [3.8, 4) is 5.75 Å². The van der Waals surface area contributed by atoms with Crippen LogP contribution in [0, 0.1) is 24.7 Å². The highest BCUT2D eigenvalue weighted by molar-refractivity contribution is 5.98. The van der Waals surface area contributed by atoms with Crippen LogP contribution in [-0.2, 0) is 10.6 Å². The zero-order valence-corrected chi connectivity index (χ0v) is 15.4. The molecule has 6 rings (SSSR count). The number of hydrogen-bond acceptors (Lipinski definition) is 3. The van der Waals surface area contributed by atoms with Gasteiger partial charge in [0.2, 0.25) is 0 Å². The summed E-state index contributed by atoms with van der Waals surface area (Å²) in [5, 5.41) is 0. The molecule has 2 aromatic rings. The van der Waals surface area contributed by atoms with Crippen molar-refractivity contribution in [2.45, 2.75) is 38.1 Å². The summed E-state index contributed by atoms with van der Waals surface area (Å²) in [7, 11) is 0. The minimum Gasteiger partial charge on any atom is -0.439 e. The van der Waals surface area contributed by atoms with E-state index in [4.69, 9.17) is 9.47 Å². The minimum absolute atomic E-state index is 0.0414. The molecule has 4 heteroatoms. The van der Waals surface area contributed by atoms with Crippen LogP contribution in [0.2, 0.25) is 0 Å². The highest BCUT2D eigenvalue weighted by atomic mass is 16.7. The van der Waals surface area contributed by atoms with Crippen LogP contribution >= 0.6 is 0 Å². The number of amides is 1. The van der Waals surface area contributed by atoms with Gasteiger partial charge in [-0.2, -0.15) is 0 Å². The molecule has 2 aromatic carbocycles. The number of hydrogen-bond donors (Lipinski definition) is 0. The summed E-state index contributed by atoms with van der Waals surface area (Å²) in [6.45, 7) is 2.72. The Labute approximate surface area is 159 Å². The molecule has 2 heterocycles. The minimum atomic E-state index is -1.15. The van der Waals surface area contributed by atoms with E-state index in [0.29, 0.717) is 35.7 Å². The van der Waals surface area contributed by atoms with E-state index in [2.05, 4.69) is 19.1 Å². The number of ether oxygens (including phenoxy) is 2. The van der Waals surface area contributed by atoms with E-state index >= 15 is 0 Å². The van der Waals surface area contributed by atoms with E-state index in [1.807, 2.05) is 41.3 Å². The molecule has 2 bridgehead atoms.